The maximum absolute atomic E-state index is 6.68. The minimum atomic E-state index is -2.84. The molecular weight excluding hydrogens is 787 g/mol. The molecule has 12 rings (SSSR count). The van der Waals surface area contributed by atoms with E-state index < -0.39 is 8.07 Å². The molecule has 0 bridgehead atoms. The molecule has 5 nitrogen and oxygen atoms in total. The predicted octanol–water partition coefficient (Wildman–Crippen LogP) is 11.7. The number of benzene rings is 9. The lowest BCUT2D eigenvalue weighted by Crippen LogP contribution is -2.74. The Morgan fingerprint density at radius 2 is 0.714 bits per heavy atom. The fourth-order valence-electron chi connectivity index (χ4n) is 9.50. The molecule has 0 atom stereocenters. The van der Waals surface area contributed by atoms with Gasteiger partial charge < -0.3 is 8.83 Å². The van der Waals surface area contributed by atoms with Crippen LogP contribution in [-0.4, -0.2) is 23.0 Å². The summed E-state index contributed by atoms with van der Waals surface area (Å²) >= 11 is 0. The summed E-state index contributed by atoms with van der Waals surface area (Å²) in [6.45, 7) is 0. The van der Waals surface area contributed by atoms with E-state index in [1.165, 1.54) is 20.7 Å². The van der Waals surface area contributed by atoms with Crippen molar-refractivity contribution < 1.29 is 8.83 Å². The highest BCUT2D eigenvalue weighted by Gasteiger charge is 2.41. The topological polar surface area (TPSA) is 65.0 Å². The van der Waals surface area contributed by atoms with Crippen molar-refractivity contribution >= 4 is 72.7 Å². The maximum Gasteiger partial charge on any atom is 0.179 e. The van der Waals surface area contributed by atoms with Crippen molar-refractivity contribution in [3.8, 4) is 45.3 Å². The summed E-state index contributed by atoms with van der Waals surface area (Å²) in [6.07, 6.45) is 0. The van der Waals surface area contributed by atoms with Gasteiger partial charge in [0.05, 0.1) is 0 Å². The first kappa shape index (κ1) is 36.6. The normalized spacial score (nSPS) is 11.8. The van der Waals surface area contributed by atoms with Crippen LogP contribution in [0.25, 0.3) is 89.2 Å². The lowest BCUT2D eigenvalue weighted by molar-refractivity contribution is 0.668. The highest BCUT2D eigenvalue weighted by atomic mass is 28.3. The van der Waals surface area contributed by atoms with Gasteiger partial charge in [0, 0.05) is 38.2 Å². The molecule has 0 radical (unpaired) electrons. The number of rotatable bonds is 8. The second-order valence-electron chi connectivity index (χ2n) is 15.9. The Balaban J connectivity index is 1.11. The SMILES string of the molecule is c1ccc(-c2nc(-c3cccc([Si](c4ccccc4)(c4ccccc4)c4ccccc4)c3)nc(-c3cc(-c4cccc5oc6ccccc6c45)c4c(c3)oc3ccccc34)n2)cc1. The average molecular weight is 824 g/mol. The molecule has 0 unspecified atom stereocenters. The Morgan fingerprint density at radius 1 is 0.286 bits per heavy atom. The second kappa shape index (κ2) is 15.1. The summed E-state index contributed by atoms with van der Waals surface area (Å²) in [4.78, 5) is 15.9. The van der Waals surface area contributed by atoms with Gasteiger partial charge in [-0.3, -0.25) is 0 Å². The molecule has 0 spiro atoms. The average Bonchev–Trinajstić information content (AvgIpc) is 3.94. The largest absolute Gasteiger partial charge is 0.456 e. The van der Waals surface area contributed by atoms with Crippen molar-refractivity contribution in [2.75, 3.05) is 0 Å². The van der Waals surface area contributed by atoms with E-state index in [2.05, 4.69) is 176 Å². The summed E-state index contributed by atoms with van der Waals surface area (Å²) < 4.78 is 13.1. The van der Waals surface area contributed by atoms with E-state index in [1.54, 1.807) is 0 Å². The van der Waals surface area contributed by atoms with Crippen LogP contribution in [0, 0.1) is 0 Å². The molecule has 0 N–H and O–H groups in total. The van der Waals surface area contributed by atoms with E-state index in [1.807, 2.05) is 48.5 Å². The lowest BCUT2D eigenvalue weighted by atomic mass is 9.93. The van der Waals surface area contributed by atoms with Gasteiger partial charge in [-0.1, -0.05) is 194 Å². The number of hydrogen-bond donors (Lipinski definition) is 0. The highest BCUT2D eigenvalue weighted by Crippen LogP contribution is 2.44. The number of hydrogen-bond acceptors (Lipinski definition) is 5. The van der Waals surface area contributed by atoms with Crippen molar-refractivity contribution in [2.24, 2.45) is 0 Å². The lowest BCUT2D eigenvalue weighted by Gasteiger charge is -2.34. The zero-order chi connectivity index (χ0) is 41.7. The molecule has 0 fully saturated rings. The summed E-state index contributed by atoms with van der Waals surface area (Å²) in [5, 5.41) is 9.32. The van der Waals surface area contributed by atoms with Crippen molar-refractivity contribution in [1.82, 2.24) is 15.0 Å². The van der Waals surface area contributed by atoms with Gasteiger partial charge in [0.25, 0.3) is 0 Å². The first-order valence-corrected chi connectivity index (χ1v) is 23.2. The smallest absolute Gasteiger partial charge is 0.179 e. The Kier molecular flexibility index (Phi) is 8.76. The molecule has 0 aliphatic heterocycles. The monoisotopic (exact) mass is 823 g/mol. The third-order valence-corrected chi connectivity index (χ3v) is 17.0. The van der Waals surface area contributed by atoms with E-state index in [9.17, 15) is 0 Å². The second-order valence-corrected chi connectivity index (χ2v) is 19.7. The van der Waals surface area contributed by atoms with Crippen LogP contribution in [0.5, 0.6) is 0 Å². The third kappa shape index (κ3) is 6.10. The van der Waals surface area contributed by atoms with Crippen molar-refractivity contribution in [1.29, 1.82) is 0 Å². The number of nitrogens with zero attached hydrogens (tertiary/aromatic N) is 3. The zero-order valence-electron chi connectivity index (χ0n) is 34.0. The minimum absolute atomic E-state index is 0.551. The molecule has 3 heterocycles. The predicted molar refractivity (Wildman–Crippen MR) is 260 cm³/mol. The Hall–Kier alpha value is -8.19. The van der Waals surface area contributed by atoms with E-state index in [-0.39, 0.29) is 0 Å². The van der Waals surface area contributed by atoms with Gasteiger partial charge in [-0.2, -0.15) is 0 Å². The van der Waals surface area contributed by atoms with Crippen LogP contribution >= 0.6 is 0 Å². The van der Waals surface area contributed by atoms with Crippen LogP contribution in [0.1, 0.15) is 0 Å². The van der Waals surface area contributed by atoms with Crippen LogP contribution in [0.2, 0.25) is 0 Å². The van der Waals surface area contributed by atoms with Crippen molar-refractivity contribution in [3.05, 3.63) is 224 Å². The van der Waals surface area contributed by atoms with Gasteiger partial charge in [0.1, 0.15) is 22.3 Å². The van der Waals surface area contributed by atoms with Crippen LogP contribution < -0.4 is 20.7 Å². The Bertz CT molecular complexity index is 3530. The molecule has 0 aliphatic rings. The van der Waals surface area contributed by atoms with E-state index in [4.69, 9.17) is 23.8 Å². The highest BCUT2D eigenvalue weighted by molar-refractivity contribution is 7.19. The van der Waals surface area contributed by atoms with E-state index >= 15 is 0 Å². The molecule has 9 aromatic carbocycles. The standard InChI is InChI=1S/C57H37N3O2Si/c1-5-19-38(20-6-1)55-58-56(39-21-17-28-44(35-39)63(41-22-7-2-8-23-41,42-24-9-3-10-25-42)43-26-11-4-12-27-43)60-57(59-55)40-36-48(54-47-30-14-16-33-50(47)62-52(54)37-40)45-31-18-34-51-53(45)46-29-13-15-32-49(46)61-51/h1-37H. The van der Waals surface area contributed by atoms with Crippen molar-refractivity contribution in [3.63, 3.8) is 0 Å². The molecule has 0 amide bonds. The van der Waals surface area contributed by atoms with Gasteiger partial charge in [0.15, 0.2) is 25.5 Å². The third-order valence-electron chi connectivity index (χ3n) is 12.3. The van der Waals surface area contributed by atoms with Crippen molar-refractivity contribution in [2.45, 2.75) is 0 Å². The number of aromatic nitrogens is 3. The molecule has 63 heavy (non-hydrogen) atoms. The van der Waals surface area contributed by atoms with Crippen LogP contribution in [-0.2, 0) is 0 Å². The fraction of sp³-hybridized carbons (Fsp3) is 0. The van der Waals surface area contributed by atoms with Gasteiger partial charge in [0.2, 0.25) is 0 Å². The van der Waals surface area contributed by atoms with Gasteiger partial charge >= 0.3 is 0 Å². The summed E-state index contributed by atoms with van der Waals surface area (Å²) in [7, 11) is -2.84. The molecule has 6 heteroatoms. The van der Waals surface area contributed by atoms with Gasteiger partial charge in [-0.15, -0.1) is 0 Å². The Morgan fingerprint density at radius 3 is 1.32 bits per heavy atom. The quantitative estimate of drug-likeness (QED) is 0.113. The number of furan rings is 2. The minimum Gasteiger partial charge on any atom is -0.456 e. The summed E-state index contributed by atoms with van der Waals surface area (Å²) in [5.74, 6) is 1.73. The molecule has 3 aromatic heterocycles. The molecule has 0 saturated carbocycles. The molecular formula is C57H37N3O2Si. The van der Waals surface area contributed by atoms with Gasteiger partial charge in [-0.25, -0.2) is 15.0 Å². The molecule has 0 saturated heterocycles. The first-order valence-electron chi connectivity index (χ1n) is 21.2. The molecule has 12 aromatic rings. The number of para-hydroxylation sites is 2. The van der Waals surface area contributed by atoms with Crippen LogP contribution in [0.15, 0.2) is 233 Å². The van der Waals surface area contributed by atoms with Gasteiger partial charge in [-0.05, 0) is 62.2 Å². The Labute approximate surface area is 364 Å². The van der Waals surface area contributed by atoms with Crippen LogP contribution in [0.3, 0.4) is 0 Å². The maximum atomic E-state index is 6.68. The summed E-state index contributed by atoms with van der Waals surface area (Å²) in [5.41, 5.74) is 7.94. The summed E-state index contributed by atoms with van der Waals surface area (Å²) in [6, 6.07) is 78.9. The molecule has 296 valence electrons. The number of fused-ring (bicyclic) bond motifs is 6. The van der Waals surface area contributed by atoms with E-state index in [0.717, 1.165) is 71.7 Å². The fourth-order valence-corrected chi connectivity index (χ4v) is 14.3. The molecule has 0 aliphatic carbocycles. The van der Waals surface area contributed by atoms with Crippen LogP contribution in [0.4, 0.5) is 0 Å². The van der Waals surface area contributed by atoms with E-state index in [0.29, 0.717) is 17.5 Å². The zero-order valence-corrected chi connectivity index (χ0v) is 35.0. The first-order chi connectivity index (χ1) is 31.2.